The van der Waals surface area contributed by atoms with E-state index in [0.717, 1.165) is 21.7 Å². The molecule has 1 aromatic carbocycles. The maximum atomic E-state index is 12.8. The van der Waals surface area contributed by atoms with Crippen LogP contribution in [0.5, 0.6) is 0 Å². The van der Waals surface area contributed by atoms with Crippen LogP contribution in [0.3, 0.4) is 0 Å². The summed E-state index contributed by atoms with van der Waals surface area (Å²) in [6.45, 7) is 11.3. The normalized spacial score (nSPS) is 22.6. The number of nitrogens with zero attached hydrogens (tertiary/aromatic N) is 1. The number of rotatable bonds is 5. The molecule has 1 aromatic rings. The number of nitrogens with one attached hydrogen (secondary N) is 2. The minimum absolute atomic E-state index is 0.0440. The SMILES string of the molecule is Cc1cccc(C)c1NC(=O)C[NH+](C)[C@@H](C)C(=O)N1C[C@@H](C)O[C@@H](C)C1. The Labute approximate surface area is 156 Å². The van der Waals surface area contributed by atoms with Crippen LogP contribution >= 0.6 is 0 Å². The fraction of sp³-hybridized carbons (Fsp3) is 0.600. The lowest BCUT2D eigenvalue weighted by Gasteiger charge is -2.37. The van der Waals surface area contributed by atoms with Crippen molar-refractivity contribution in [2.75, 3.05) is 32.0 Å². The highest BCUT2D eigenvalue weighted by Crippen LogP contribution is 2.19. The Kier molecular flexibility index (Phi) is 6.78. The zero-order valence-corrected chi connectivity index (χ0v) is 16.8. The van der Waals surface area contributed by atoms with Crippen molar-refractivity contribution >= 4 is 17.5 Å². The number of carbonyl (C=O) groups is 2. The van der Waals surface area contributed by atoms with Crippen LogP contribution < -0.4 is 10.2 Å². The smallest absolute Gasteiger partial charge is 0.280 e. The predicted octanol–water partition coefficient (Wildman–Crippen LogP) is 0.781. The number of hydrogen-bond acceptors (Lipinski definition) is 3. The summed E-state index contributed by atoms with van der Waals surface area (Å²) in [5.74, 6) is -0.00682. The van der Waals surface area contributed by atoms with Gasteiger partial charge in [-0.2, -0.15) is 0 Å². The first-order chi connectivity index (χ1) is 12.2. The number of morpholine rings is 1. The molecule has 144 valence electrons. The summed E-state index contributed by atoms with van der Waals surface area (Å²) in [4.78, 5) is 28.0. The fourth-order valence-electron chi connectivity index (χ4n) is 3.44. The van der Waals surface area contributed by atoms with E-state index in [9.17, 15) is 9.59 Å². The number of quaternary nitrogens is 1. The van der Waals surface area contributed by atoms with Crippen molar-refractivity contribution in [2.24, 2.45) is 0 Å². The Bertz CT molecular complexity index is 631. The summed E-state index contributed by atoms with van der Waals surface area (Å²) in [7, 11) is 1.89. The van der Waals surface area contributed by atoms with Crippen LogP contribution in [0.1, 0.15) is 31.9 Å². The Hall–Kier alpha value is -1.92. The maximum Gasteiger partial charge on any atom is 0.280 e. The summed E-state index contributed by atoms with van der Waals surface area (Å²) in [5, 5.41) is 2.99. The summed E-state index contributed by atoms with van der Waals surface area (Å²) in [6.07, 6.45) is 0.0880. The highest BCUT2D eigenvalue weighted by Gasteiger charge is 2.33. The van der Waals surface area contributed by atoms with Crippen LogP contribution in [-0.4, -0.2) is 61.6 Å². The second kappa shape index (κ2) is 8.64. The largest absolute Gasteiger partial charge is 0.372 e. The lowest BCUT2D eigenvalue weighted by atomic mass is 10.1. The summed E-state index contributed by atoms with van der Waals surface area (Å²) >= 11 is 0. The van der Waals surface area contributed by atoms with E-state index in [1.165, 1.54) is 0 Å². The molecule has 26 heavy (non-hydrogen) atoms. The van der Waals surface area contributed by atoms with E-state index in [4.69, 9.17) is 4.74 Å². The van der Waals surface area contributed by atoms with Crippen LogP contribution in [0.25, 0.3) is 0 Å². The molecule has 0 aromatic heterocycles. The van der Waals surface area contributed by atoms with E-state index in [0.29, 0.717) is 13.1 Å². The van der Waals surface area contributed by atoms with Crippen LogP contribution in [0.4, 0.5) is 5.69 Å². The van der Waals surface area contributed by atoms with E-state index < -0.39 is 0 Å². The van der Waals surface area contributed by atoms with Crippen molar-refractivity contribution in [3.05, 3.63) is 29.3 Å². The van der Waals surface area contributed by atoms with E-state index in [1.807, 2.05) is 64.8 Å². The molecule has 0 aliphatic carbocycles. The molecule has 2 rings (SSSR count). The molecule has 0 saturated carbocycles. The van der Waals surface area contributed by atoms with Gasteiger partial charge >= 0.3 is 0 Å². The first-order valence-corrected chi connectivity index (χ1v) is 9.31. The van der Waals surface area contributed by atoms with Gasteiger partial charge in [0.05, 0.1) is 19.3 Å². The molecule has 0 bridgehead atoms. The van der Waals surface area contributed by atoms with Gasteiger partial charge in [-0.3, -0.25) is 9.59 Å². The first kappa shape index (κ1) is 20.4. The summed E-state index contributed by atoms with van der Waals surface area (Å²) < 4.78 is 5.70. The molecule has 1 heterocycles. The third-order valence-electron chi connectivity index (χ3n) is 5.03. The third kappa shape index (κ3) is 5.05. The van der Waals surface area contributed by atoms with E-state index in [-0.39, 0.29) is 36.6 Å². The van der Waals surface area contributed by atoms with Gasteiger partial charge in [-0.15, -0.1) is 0 Å². The first-order valence-electron chi connectivity index (χ1n) is 9.31. The van der Waals surface area contributed by atoms with Crippen molar-refractivity contribution in [1.82, 2.24) is 4.90 Å². The van der Waals surface area contributed by atoms with Gasteiger partial charge < -0.3 is 19.9 Å². The minimum Gasteiger partial charge on any atom is -0.372 e. The van der Waals surface area contributed by atoms with Crippen LogP contribution in [0, 0.1) is 13.8 Å². The zero-order chi connectivity index (χ0) is 19.4. The molecule has 1 fully saturated rings. The topological polar surface area (TPSA) is 63.1 Å². The quantitative estimate of drug-likeness (QED) is 0.814. The molecular weight excluding hydrogens is 330 g/mol. The van der Waals surface area contributed by atoms with Gasteiger partial charge in [0.2, 0.25) is 0 Å². The highest BCUT2D eigenvalue weighted by atomic mass is 16.5. The number of likely N-dealkylation sites (N-methyl/N-ethyl adjacent to an activating group) is 1. The van der Waals surface area contributed by atoms with Gasteiger partial charge in [0.1, 0.15) is 0 Å². The van der Waals surface area contributed by atoms with E-state index >= 15 is 0 Å². The highest BCUT2D eigenvalue weighted by molar-refractivity contribution is 5.93. The number of para-hydroxylation sites is 1. The van der Waals surface area contributed by atoms with Crippen molar-refractivity contribution < 1.29 is 19.2 Å². The molecular formula is C20H32N3O3+. The number of aryl methyl sites for hydroxylation is 2. The molecule has 1 aliphatic heterocycles. The predicted molar refractivity (Wildman–Crippen MR) is 102 cm³/mol. The molecule has 6 heteroatoms. The minimum atomic E-state index is -0.281. The van der Waals surface area contributed by atoms with Crippen molar-refractivity contribution in [3.63, 3.8) is 0 Å². The molecule has 1 saturated heterocycles. The van der Waals surface area contributed by atoms with Gasteiger partial charge in [0.25, 0.3) is 11.8 Å². The van der Waals surface area contributed by atoms with Crippen LogP contribution in [0.15, 0.2) is 18.2 Å². The van der Waals surface area contributed by atoms with Crippen molar-refractivity contribution in [1.29, 1.82) is 0 Å². The van der Waals surface area contributed by atoms with Crippen LogP contribution in [0.2, 0.25) is 0 Å². The molecule has 2 N–H and O–H groups in total. The van der Waals surface area contributed by atoms with Gasteiger partial charge in [-0.25, -0.2) is 0 Å². The van der Waals surface area contributed by atoms with Gasteiger partial charge in [-0.1, -0.05) is 18.2 Å². The monoisotopic (exact) mass is 362 g/mol. The molecule has 1 aliphatic rings. The number of anilines is 1. The Balaban J connectivity index is 1.94. The third-order valence-corrected chi connectivity index (χ3v) is 5.03. The van der Waals surface area contributed by atoms with Gasteiger partial charge in [0, 0.05) is 18.8 Å². The zero-order valence-electron chi connectivity index (χ0n) is 16.8. The molecule has 2 amide bonds. The number of benzene rings is 1. The lowest BCUT2D eigenvalue weighted by molar-refractivity contribution is -0.886. The number of amides is 2. The fourth-order valence-corrected chi connectivity index (χ4v) is 3.44. The number of hydrogen-bond donors (Lipinski definition) is 2. The van der Waals surface area contributed by atoms with E-state index in [2.05, 4.69) is 5.32 Å². The van der Waals surface area contributed by atoms with Crippen molar-refractivity contribution in [2.45, 2.75) is 52.9 Å². The molecule has 0 radical (unpaired) electrons. The maximum absolute atomic E-state index is 12.8. The average Bonchev–Trinajstić information content (AvgIpc) is 2.56. The molecule has 6 nitrogen and oxygen atoms in total. The molecule has 1 unspecified atom stereocenters. The Morgan fingerprint density at radius 2 is 1.77 bits per heavy atom. The second-order valence-corrected chi connectivity index (χ2v) is 7.56. The standard InChI is InChI=1S/C20H31N3O3/c1-13-8-7-9-14(2)19(13)21-18(24)12-22(6)17(5)20(25)23-10-15(3)26-16(4)11-23/h7-9,15-17H,10-12H2,1-6H3,(H,21,24)/p+1/t15-,16+,17-/m0/s1. The molecule has 0 spiro atoms. The second-order valence-electron chi connectivity index (χ2n) is 7.56. The number of ether oxygens (including phenoxy) is 1. The Morgan fingerprint density at radius 1 is 1.23 bits per heavy atom. The van der Waals surface area contributed by atoms with Gasteiger partial charge in [-0.05, 0) is 45.7 Å². The Morgan fingerprint density at radius 3 is 2.31 bits per heavy atom. The van der Waals surface area contributed by atoms with E-state index in [1.54, 1.807) is 0 Å². The summed E-state index contributed by atoms with van der Waals surface area (Å²) in [5.41, 5.74) is 2.94. The summed E-state index contributed by atoms with van der Waals surface area (Å²) in [6, 6.07) is 5.65. The van der Waals surface area contributed by atoms with Crippen molar-refractivity contribution in [3.8, 4) is 0 Å². The lowest BCUT2D eigenvalue weighted by Crippen LogP contribution is -3.15. The van der Waals surface area contributed by atoms with Gasteiger partial charge in [0.15, 0.2) is 12.6 Å². The number of carbonyl (C=O) groups excluding carboxylic acids is 2. The average molecular weight is 362 g/mol. The molecule has 4 atom stereocenters. The van der Waals surface area contributed by atoms with Crippen LogP contribution in [-0.2, 0) is 14.3 Å².